The molecule has 0 unspecified atom stereocenters. The normalized spacial score (nSPS) is 10.2. The number of hydrogen-bond acceptors (Lipinski definition) is 5. The molecule has 1 aromatic carbocycles. The maximum absolute atomic E-state index is 11.0. The van der Waals surface area contributed by atoms with Gasteiger partial charge in [0, 0.05) is 27.9 Å². The Kier molecular flexibility index (Phi) is 4.47. The average molecular weight is 290 g/mol. The van der Waals surface area contributed by atoms with Crippen LogP contribution in [0.4, 0.5) is 11.4 Å². The second-order valence-electron chi connectivity index (χ2n) is 4.23. The van der Waals surface area contributed by atoms with Gasteiger partial charge in [0.1, 0.15) is 12.0 Å². The summed E-state index contributed by atoms with van der Waals surface area (Å²) in [5, 5.41) is 14.1. The molecule has 0 saturated heterocycles. The molecule has 0 atom stereocenters. The first-order valence-corrected chi connectivity index (χ1v) is 7.00. The van der Waals surface area contributed by atoms with Crippen LogP contribution in [0.2, 0.25) is 0 Å². The number of aldehydes is 1. The first kappa shape index (κ1) is 14.2. The van der Waals surface area contributed by atoms with Crippen molar-refractivity contribution >= 4 is 29.0 Å². The first-order chi connectivity index (χ1) is 9.63. The molecular formula is C14H14N2O3S. The van der Waals surface area contributed by atoms with E-state index in [2.05, 4.69) is 18.3 Å². The number of aryl methyl sites for hydroxylation is 1. The Morgan fingerprint density at radius 1 is 1.30 bits per heavy atom. The van der Waals surface area contributed by atoms with Crippen molar-refractivity contribution < 1.29 is 9.72 Å². The fraction of sp³-hybridized carbons (Fsp3) is 0.214. The van der Waals surface area contributed by atoms with Gasteiger partial charge >= 0.3 is 0 Å². The highest BCUT2D eigenvalue weighted by Gasteiger charge is 2.14. The van der Waals surface area contributed by atoms with E-state index in [9.17, 15) is 14.9 Å². The van der Waals surface area contributed by atoms with E-state index in [0.29, 0.717) is 24.1 Å². The number of nitro benzene ring substituents is 1. The zero-order valence-electron chi connectivity index (χ0n) is 11.0. The van der Waals surface area contributed by atoms with Crippen LogP contribution in [0.25, 0.3) is 0 Å². The van der Waals surface area contributed by atoms with Gasteiger partial charge in [0.15, 0.2) is 0 Å². The molecule has 0 spiro atoms. The Balaban J connectivity index is 2.16. The molecular weight excluding hydrogens is 276 g/mol. The lowest BCUT2D eigenvalue weighted by Crippen LogP contribution is -2.02. The van der Waals surface area contributed by atoms with E-state index in [1.54, 1.807) is 23.5 Å². The molecule has 0 amide bonds. The Hall–Kier alpha value is -2.21. The van der Waals surface area contributed by atoms with E-state index in [4.69, 9.17) is 0 Å². The van der Waals surface area contributed by atoms with Gasteiger partial charge in [-0.25, -0.2) is 0 Å². The van der Waals surface area contributed by atoms with Crippen LogP contribution in [0.5, 0.6) is 0 Å². The number of thiophene rings is 1. The van der Waals surface area contributed by atoms with Gasteiger partial charge in [-0.2, -0.15) is 0 Å². The predicted molar refractivity (Wildman–Crippen MR) is 79.5 cm³/mol. The third-order valence-corrected chi connectivity index (χ3v) is 4.10. The van der Waals surface area contributed by atoms with Gasteiger partial charge in [-0.1, -0.05) is 6.92 Å². The number of carbonyl (C=O) groups is 1. The second-order valence-corrected chi connectivity index (χ2v) is 5.48. The highest BCUT2D eigenvalue weighted by atomic mass is 32.1. The summed E-state index contributed by atoms with van der Waals surface area (Å²) in [6.45, 7) is 2.62. The lowest BCUT2D eigenvalue weighted by Gasteiger charge is -2.06. The molecule has 0 saturated carbocycles. The number of anilines is 1. The monoisotopic (exact) mass is 290 g/mol. The minimum Gasteiger partial charge on any atom is -0.375 e. The number of carbonyl (C=O) groups excluding carboxylic acids is 1. The number of nitrogens with zero attached hydrogens (tertiary/aromatic N) is 1. The lowest BCUT2D eigenvalue weighted by atomic mass is 10.2. The molecule has 2 aromatic rings. The number of hydrogen-bond donors (Lipinski definition) is 1. The van der Waals surface area contributed by atoms with Gasteiger partial charge in [-0.3, -0.25) is 14.9 Å². The van der Waals surface area contributed by atoms with Gasteiger partial charge < -0.3 is 5.32 Å². The average Bonchev–Trinajstić information content (AvgIpc) is 2.92. The van der Waals surface area contributed by atoms with Crippen molar-refractivity contribution in [2.75, 3.05) is 5.32 Å². The summed E-state index contributed by atoms with van der Waals surface area (Å²) in [4.78, 5) is 23.6. The Morgan fingerprint density at radius 2 is 2.05 bits per heavy atom. The second kappa shape index (κ2) is 6.29. The Bertz CT molecular complexity index is 637. The number of nitro groups is 1. The summed E-state index contributed by atoms with van der Waals surface area (Å²) in [6, 6.07) is 8.49. The van der Waals surface area contributed by atoms with E-state index < -0.39 is 4.92 Å². The third-order valence-electron chi connectivity index (χ3n) is 2.87. The van der Waals surface area contributed by atoms with Gasteiger partial charge in [0.25, 0.3) is 5.69 Å². The van der Waals surface area contributed by atoms with Gasteiger partial charge in [-0.15, -0.1) is 11.3 Å². The smallest absolute Gasteiger partial charge is 0.293 e. The summed E-state index contributed by atoms with van der Waals surface area (Å²) in [7, 11) is 0. The minimum absolute atomic E-state index is 0.0816. The van der Waals surface area contributed by atoms with Gasteiger partial charge in [-0.05, 0) is 30.7 Å². The van der Waals surface area contributed by atoms with Crippen molar-refractivity contribution in [3.8, 4) is 0 Å². The largest absolute Gasteiger partial charge is 0.375 e. The zero-order valence-corrected chi connectivity index (χ0v) is 11.8. The van der Waals surface area contributed by atoms with Crippen molar-refractivity contribution in [1.29, 1.82) is 0 Å². The van der Waals surface area contributed by atoms with E-state index >= 15 is 0 Å². The maximum Gasteiger partial charge on any atom is 0.293 e. The van der Waals surface area contributed by atoms with E-state index in [0.717, 1.165) is 11.3 Å². The van der Waals surface area contributed by atoms with Crippen LogP contribution in [0.1, 0.15) is 27.0 Å². The highest BCUT2D eigenvalue weighted by molar-refractivity contribution is 7.12. The summed E-state index contributed by atoms with van der Waals surface area (Å²) in [6.07, 6.45) is 1.59. The fourth-order valence-electron chi connectivity index (χ4n) is 1.81. The van der Waals surface area contributed by atoms with Crippen molar-refractivity contribution in [1.82, 2.24) is 0 Å². The first-order valence-electron chi connectivity index (χ1n) is 6.19. The van der Waals surface area contributed by atoms with Crippen LogP contribution in [0, 0.1) is 10.1 Å². The van der Waals surface area contributed by atoms with Crippen LogP contribution in [0.15, 0.2) is 30.3 Å². The van der Waals surface area contributed by atoms with Crippen molar-refractivity contribution in [2.45, 2.75) is 19.9 Å². The quantitative estimate of drug-likeness (QED) is 0.501. The predicted octanol–water partition coefficient (Wildman–Crippen LogP) is 3.64. The molecule has 20 heavy (non-hydrogen) atoms. The van der Waals surface area contributed by atoms with Crippen LogP contribution in [-0.2, 0) is 13.0 Å². The summed E-state index contributed by atoms with van der Waals surface area (Å²) >= 11 is 1.69. The molecule has 104 valence electrons. The van der Waals surface area contributed by atoms with Gasteiger partial charge in [0.2, 0.25) is 0 Å². The number of rotatable bonds is 6. The molecule has 2 rings (SSSR count). The van der Waals surface area contributed by atoms with Crippen LogP contribution >= 0.6 is 11.3 Å². The molecule has 0 fully saturated rings. The standard InChI is InChI=1S/C14H14N2O3S/c1-2-11-4-5-12(20-11)8-15-13-6-3-10(9-17)7-14(13)16(18)19/h3-7,9,15H,2,8H2,1H3. The minimum atomic E-state index is -0.485. The molecule has 0 aliphatic rings. The molecule has 0 aliphatic heterocycles. The number of benzene rings is 1. The van der Waals surface area contributed by atoms with E-state index in [1.807, 2.05) is 6.07 Å². The SMILES string of the molecule is CCc1ccc(CNc2ccc(C=O)cc2[N+](=O)[O-])s1. The molecule has 5 nitrogen and oxygen atoms in total. The molecule has 6 heteroatoms. The van der Waals surface area contributed by atoms with Crippen molar-refractivity contribution in [3.05, 3.63) is 55.8 Å². The van der Waals surface area contributed by atoms with Crippen molar-refractivity contribution in [2.24, 2.45) is 0 Å². The van der Waals surface area contributed by atoms with E-state index in [1.165, 1.54) is 10.9 Å². The summed E-state index contributed by atoms with van der Waals surface area (Å²) in [5.74, 6) is 0. The van der Waals surface area contributed by atoms with Gasteiger partial charge in [0.05, 0.1) is 4.92 Å². The van der Waals surface area contributed by atoms with Crippen LogP contribution < -0.4 is 5.32 Å². The third kappa shape index (κ3) is 3.21. The maximum atomic E-state index is 11.0. The van der Waals surface area contributed by atoms with E-state index in [-0.39, 0.29) is 5.69 Å². The molecule has 0 bridgehead atoms. The molecule has 1 heterocycles. The Labute approximate surface area is 120 Å². The zero-order chi connectivity index (χ0) is 14.5. The van der Waals surface area contributed by atoms with Crippen LogP contribution in [-0.4, -0.2) is 11.2 Å². The molecule has 1 N–H and O–H groups in total. The summed E-state index contributed by atoms with van der Waals surface area (Å²) < 4.78 is 0. The highest BCUT2D eigenvalue weighted by Crippen LogP contribution is 2.26. The van der Waals surface area contributed by atoms with Crippen LogP contribution in [0.3, 0.4) is 0 Å². The molecule has 0 radical (unpaired) electrons. The molecule has 0 aliphatic carbocycles. The van der Waals surface area contributed by atoms with Crippen molar-refractivity contribution in [3.63, 3.8) is 0 Å². The molecule has 1 aromatic heterocycles. The summed E-state index contributed by atoms with van der Waals surface area (Å²) in [5.41, 5.74) is 0.639. The lowest BCUT2D eigenvalue weighted by molar-refractivity contribution is -0.384. The topological polar surface area (TPSA) is 72.2 Å². The number of nitrogens with one attached hydrogen (secondary N) is 1. The Morgan fingerprint density at radius 3 is 2.65 bits per heavy atom. The fourth-order valence-corrected chi connectivity index (χ4v) is 2.71.